The van der Waals surface area contributed by atoms with Crippen molar-refractivity contribution >= 4 is 17.3 Å². The molecule has 1 heterocycles. The highest BCUT2D eigenvalue weighted by molar-refractivity contribution is 5.97. The summed E-state index contributed by atoms with van der Waals surface area (Å²) >= 11 is 0. The van der Waals surface area contributed by atoms with Crippen molar-refractivity contribution in [3.8, 4) is 11.5 Å². The average Bonchev–Trinajstić information content (AvgIpc) is 2.58. The molecule has 0 radical (unpaired) electrons. The monoisotopic (exact) mass is 340 g/mol. The molecule has 0 aliphatic carbocycles. The number of nitrogens with one attached hydrogen (secondary N) is 1. The van der Waals surface area contributed by atoms with Crippen LogP contribution in [0.2, 0.25) is 0 Å². The fraction of sp³-hybridized carbons (Fsp3) is 0.350. The van der Waals surface area contributed by atoms with Gasteiger partial charge in [0.05, 0.1) is 12.2 Å². The van der Waals surface area contributed by atoms with Gasteiger partial charge in [0.25, 0.3) is 5.91 Å². The van der Waals surface area contributed by atoms with E-state index in [0.717, 1.165) is 11.3 Å². The maximum absolute atomic E-state index is 12.8. The van der Waals surface area contributed by atoms with Crippen molar-refractivity contribution in [1.82, 2.24) is 0 Å². The molecule has 0 aromatic heterocycles. The number of carbonyl (C=O) groups is 1. The number of hydrogen-bond acceptors (Lipinski definition) is 4. The van der Waals surface area contributed by atoms with Gasteiger partial charge in [-0.2, -0.15) is 0 Å². The van der Waals surface area contributed by atoms with Gasteiger partial charge in [-0.3, -0.25) is 4.79 Å². The highest BCUT2D eigenvalue weighted by Crippen LogP contribution is 2.34. The number of fused-ring (bicyclic) bond motifs is 1. The molecule has 0 fully saturated rings. The van der Waals surface area contributed by atoms with Gasteiger partial charge in [-0.1, -0.05) is 39.0 Å². The number of carbonyl (C=O) groups excluding carboxylic acids is 1. The second-order valence-corrected chi connectivity index (χ2v) is 7.33. The summed E-state index contributed by atoms with van der Waals surface area (Å²) in [7, 11) is 1.69. The number of phenols is 1. The van der Waals surface area contributed by atoms with Crippen LogP contribution < -0.4 is 15.0 Å². The Balaban J connectivity index is 1.78. The van der Waals surface area contributed by atoms with E-state index in [1.807, 2.05) is 57.2 Å². The van der Waals surface area contributed by atoms with Crippen molar-refractivity contribution in [3.05, 3.63) is 48.0 Å². The Morgan fingerprint density at radius 2 is 1.96 bits per heavy atom. The van der Waals surface area contributed by atoms with Crippen molar-refractivity contribution < 1.29 is 14.6 Å². The number of nitrogens with zero attached hydrogens (tertiary/aromatic N) is 1. The van der Waals surface area contributed by atoms with Crippen molar-refractivity contribution in [2.24, 2.45) is 0 Å². The van der Waals surface area contributed by atoms with Crippen LogP contribution >= 0.6 is 0 Å². The third-order valence-electron chi connectivity index (χ3n) is 4.42. The Labute approximate surface area is 148 Å². The van der Waals surface area contributed by atoms with Crippen molar-refractivity contribution in [2.75, 3.05) is 23.8 Å². The van der Waals surface area contributed by atoms with Crippen LogP contribution in [0.15, 0.2) is 42.5 Å². The van der Waals surface area contributed by atoms with Gasteiger partial charge in [0.2, 0.25) is 0 Å². The van der Waals surface area contributed by atoms with Crippen LogP contribution in [0, 0.1) is 0 Å². The number of anilines is 2. The quantitative estimate of drug-likeness (QED) is 0.878. The molecule has 5 heteroatoms. The van der Waals surface area contributed by atoms with Gasteiger partial charge in [0, 0.05) is 18.8 Å². The highest BCUT2D eigenvalue weighted by atomic mass is 16.5. The minimum atomic E-state index is -0.607. The molecule has 2 aromatic rings. The molecular formula is C20H24N2O3. The molecule has 2 aromatic carbocycles. The largest absolute Gasteiger partial charge is 0.508 e. The van der Waals surface area contributed by atoms with Crippen molar-refractivity contribution in [1.29, 1.82) is 0 Å². The topological polar surface area (TPSA) is 61.8 Å². The first-order valence-electron chi connectivity index (χ1n) is 8.38. The van der Waals surface area contributed by atoms with E-state index in [1.54, 1.807) is 13.1 Å². The van der Waals surface area contributed by atoms with Crippen LogP contribution in [0.4, 0.5) is 11.4 Å². The highest BCUT2D eigenvalue weighted by Gasteiger charge is 2.29. The smallest absolute Gasteiger partial charge is 0.269 e. The predicted molar refractivity (Wildman–Crippen MR) is 99.6 cm³/mol. The molecule has 1 amide bonds. The maximum Gasteiger partial charge on any atom is 0.269 e. The Morgan fingerprint density at radius 3 is 2.64 bits per heavy atom. The molecular weight excluding hydrogens is 316 g/mol. The molecule has 1 aliphatic heterocycles. The van der Waals surface area contributed by atoms with E-state index in [1.165, 1.54) is 4.90 Å². The maximum atomic E-state index is 12.8. The lowest BCUT2D eigenvalue weighted by Gasteiger charge is -2.30. The van der Waals surface area contributed by atoms with Crippen molar-refractivity contribution in [3.63, 3.8) is 0 Å². The van der Waals surface area contributed by atoms with Crippen LogP contribution in [0.1, 0.15) is 26.3 Å². The first-order valence-corrected chi connectivity index (χ1v) is 8.38. The van der Waals surface area contributed by atoms with E-state index in [-0.39, 0.29) is 17.1 Å². The number of rotatable bonds is 2. The Morgan fingerprint density at radius 1 is 1.24 bits per heavy atom. The lowest BCUT2D eigenvalue weighted by atomic mass is 9.86. The van der Waals surface area contributed by atoms with Gasteiger partial charge in [-0.15, -0.1) is 0 Å². The molecule has 0 bridgehead atoms. The molecule has 132 valence electrons. The summed E-state index contributed by atoms with van der Waals surface area (Å²) < 4.78 is 5.83. The first kappa shape index (κ1) is 17.1. The summed E-state index contributed by atoms with van der Waals surface area (Å²) in [5.74, 6) is 0.703. The summed E-state index contributed by atoms with van der Waals surface area (Å²) in [5.41, 5.74) is 2.21. The molecule has 1 aliphatic rings. The zero-order chi connectivity index (χ0) is 18.2. The van der Waals surface area contributed by atoms with Crippen LogP contribution in [0.3, 0.4) is 0 Å². The minimum Gasteiger partial charge on any atom is -0.508 e. The van der Waals surface area contributed by atoms with Gasteiger partial charge in [-0.05, 0) is 29.2 Å². The SMILES string of the molecule is CN(C(=O)C1CNc2ccccc2O1)c1ccc(C(C)(C)C)c(O)c1. The van der Waals surface area contributed by atoms with E-state index < -0.39 is 6.10 Å². The first-order chi connectivity index (χ1) is 11.8. The van der Waals surface area contributed by atoms with E-state index >= 15 is 0 Å². The second-order valence-electron chi connectivity index (χ2n) is 7.33. The number of likely N-dealkylation sites (N-methyl/N-ethyl adjacent to an activating group) is 1. The molecule has 25 heavy (non-hydrogen) atoms. The number of ether oxygens (including phenoxy) is 1. The lowest BCUT2D eigenvalue weighted by molar-refractivity contribution is -0.124. The van der Waals surface area contributed by atoms with Gasteiger partial charge < -0.3 is 20.1 Å². The molecule has 3 rings (SSSR count). The average molecular weight is 340 g/mol. The molecule has 0 saturated heterocycles. The van der Waals surface area contributed by atoms with Crippen LogP contribution in [0.5, 0.6) is 11.5 Å². The van der Waals surface area contributed by atoms with Gasteiger partial charge in [-0.25, -0.2) is 0 Å². The molecule has 1 unspecified atom stereocenters. The van der Waals surface area contributed by atoms with Gasteiger partial charge in [0.15, 0.2) is 6.10 Å². The molecule has 2 N–H and O–H groups in total. The number of hydrogen-bond donors (Lipinski definition) is 2. The van der Waals surface area contributed by atoms with Crippen LogP contribution in [-0.2, 0) is 10.2 Å². The zero-order valence-electron chi connectivity index (χ0n) is 15.0. The number of para-hydroxylation sites is 2. The standard InChI is InChI=1S/C20H24N2O3/c1-20(2,3)14-10-9-13(11-16(14)23)22(4)19(24)18-12-21-15-7-5-6-8-17(15)25-18/h5-11,18,21,23H,12H2,1-4H3. The number of aromatic hydroxyl groups is 1. The Kier molecular flexibility index (Phi) is 4.33. The fourth-order valence-electron chi connectivity index (χ4n) is 2.96. The fourth-order valence-corrected chi connectivity index (χ4v) is 2.96. The lowest BCUT2D eigenvalue weighted by Crippen LogP contribution is -2.45. The summed E-state index contributed by atoms with van der Waals surface area (Å²) in [6.45, 7) is 6.52. The molecule has 0 saturated carbocycles. The van der Waals surface area contributed by atoms with E-state index in [0.29, 0.717) is 18.0 Å². The number of phenolic OH excluding ortho intramolecular Hbond substituents is 1. The minimum absolute atomic E-state index is 0.161. The summed E-state index contributed by atoms with van der Waals surface area (Å²) in [5, 5.41) is 13.5. The summed E-state index contributed by atoms with van der Waals surface area (Å²) in [6, 6.07) is 12.9. The van der Waals surface area contributed by atoms with Crippen molar-refractivity contribution in [2.45, 2.75) is 32.3 Å². The zero-order valence-corrected chi connectivity index (χ0v) is 15.0. The normalized spacial score (nSPS) is 16.4. The van der Waals surface area contributed by atoms with E-state index in [9.17, 15) is 9.90 Å². The third-order valence-corrected chi connectivity index (χ3v) is 4.42. The summed E-state index contributed by atoms with van der Waals surface area (Å²) in [4.78, 5) is 14.3. The molecule has 1 atom stereocenters. The number of benzene rings is 2. The summed E-state index contributed by atoms with van der Waals surface area (Å²) in [6.07, 6.45) is -0.607. The second kappa shape index (κ2) is 6.31. The van der Waals surface area contributed by atoms with Crippen LogP contribution in [0.25, 0.3) is 0 Å². The molecule has 5 nitrogen and oxygen atoms in total. The molecule has 0 spiro atoms. The van der Waals surface area contributed by atoms with E-state index in [2.05, 4.69) is 5.32 Å². The van der Waals surface area contributed by atoms with Crippen LogP contribution in [-0.4, -0.2) is 30.7 Å². The van der Waals surface area contributed by atoms with Gasteiger partial charge in [0.1, 0.15) is 11.5 Å². The third kappa shape index (κ3) is 3.40. The predicted octanol–water partition coefficient (Wildman–Crippen LogP) is 3.53. The Hall–Kier alpha value is -2.69. The Bertz CT molecular complexity index is 796. The van der Waals surface area contributed by atoms with E-state index in [4.69, 9.17) is 4.74 Å². The van der Waals surface area contributed by atoms with Gasteiger partial charge >= 0.3 is 0 Å². The number of amides is 1.